The van der Waals surface area contributed by atoms with Gasteiger partial charge in [0.1, 0.15) is 11.8 Å². The summed E-state index contributed by atoms with van der Waals surface area (Å²) in [4.78, 5) is 34.0. The van der Waals surface area contributed by atoms with Crippen molar-refractivity contribution in [3.05, 3.63) is 45.4 Å². The number of H-pyrrole nitrogens is 1. The van der Waals surface area contributed by atoms with Gasteiger partial charge >= 0.3 is 6.18 Å². The maximum Gasteiger partial charge on any atom is 0.422 e. The minimum atomic E-state index is -4.54. The Morgan fingerprint density at radius 1 is 1.36 bits per heavy atom. The van der Waals surface area contributed by atoms with E-state index in [0.717, 1.165) is 0 Å². The Hall–Kier alpha value is -3.59. The second-order valence-electron chi connectivity index (χ2n) is 7.33. The molecule has 1 aliphatic heterocycles. The van der Waals surface area contributed by atoms with Gasteiger partial charge in [-0.15, -0.1) is 0 Å². The molecule has 3 rings (SSSR count). The molecule has 1 aliphatic rings. The van der Waals surface area contributed by atoms with E-state index < -0.39 is 18.7 Å². The minimum Gasteiger partial charge on any atom is -0.483 e. The van der Waals surface area contributed by atoms with Crippen LogP contribution in [0.3, 0.4) is 0 Å². The molecule has 1 amide bonds. The summed E-state index contributed by atoms with van der Waals surface area (Å²) in [7, 11) is 0. The number of anilines is 2. The predicted molar refractivity (Wildman–Crippen MR) is 112 cm³/mol. The third-order valence-corrected chi connectivity index (χ3v) is 4.90. The maximum atomic E-state index is 12.5. The van der Waals surface area contributed by atoms with Gasteiger partial charge in [-0.25, -0.2) is 4.98 Å². The van der Waals surface area contributed by atoms with Crippen molar-refractivity contribution in [2.75, 3.05) is 43.1 Å². The summed E-state index contributed by atoms with van der Waals surface area (Å²) in [5.41, 5.74) is 0.658. The van der Waals surface area contributed by atoms with Crippen molar-refractivity contribution < 1.29 is 27.4 Å². The third-order valence-electron chi connectivity index (χ3n) is 4.90. The number of aryl methyl sites for hydroxylation is 1. The summed E-state index contributed by atoms with van der Waals surface area (Å²) in [5, 5.41) is 11.7. The second-order valence-corrected chi connectivity index (χ2v) is 7.33. The first-order valence-corrected chi connectivity index (χ1v) is 10.1. The number of rotatable bonds is 7. The van der Waals surface area contributed by atoms with Crippen molar-refractivity contribution >= 4 is 17.5 Å². The molecule has 2 aromatic rings. The highest BCUT2D eigenvalue weighted by Crippen LogP contribution is 2.25. The van der Waals surface area contributed by atoms with Crippen molar-refractivity contribution in [3.63, 3.8) is 0 Å². The van der Waals surface area contributed by atoms with Gasteiger partial charge in [0.2, 0.25) is 11.9 Å². The molecule has 9 nitrogen and oxygen atoms in total. The van der Waals surface area contributed by atoms with E-state index in [4.69, 9.17) is 10.00 Å². The first-order valence-electron chi connectivity index (χ1n) is 10.1. The van der Waals surface area contributed by atoms with E-state index in [1.54, 1.807) is 13.0 Å². The van der Waals surface area contributed by atoms with Crippen LogP contribution < -0.4 is 20.5 Å². The summed E-state index contributed by atoms with van der Waals surface area (Å²) in [5.74, 6) is -0.203. The summed E-state index contributed by atoms with van der Waals surface area (Å²) >= 11 is 0. The molecule has 1 aromatic carbocycles. The molecule has 1 saturated heterocycles. The highest BCUT2D eigenvalue weighted by molar-refractivity contribution is 5.91. The van der Waals surface area contributed by atoms with E-state index in [-0.39, 0.29) is 35.4 Å². The lowest BCUT2D eigenvalue weighted by Crippen LogP contribution is -2.38. The largest absolute Gasteiger partial charge is 0.483 e. The van der Waals surface area contributed by atoms with E-state index in [2.05, 4.69) is 20.0 Å². The molecule has 12 heteroatoms. The van der Waals surface area contributed by atoms with Gasteiger partial charge in [0.25, 0.3) is 5.56 Å². The number of halogens is 3. The van der Waals surface area contributed by atoms with Crippen molar-refractivity contribution in [1.29, 1.82) is 5.26 Å². The topological polar surface area (TPSA) is 120 Å². The summed E-state index contributed by atoms with van der Waals surface area (Å²) in [6, 6.07) is 5.48. The highest BCUT2D eigenvalue weighted by atomic mass is 19.4. The van der Waals surface area contributed by atoms with Gasteiger partial charge < -0.3 is 19.7 Å². The van der Waals surface area contributed by atoms with Crippen LogP contribution in [0.4, 0.5) is 24.8 Å². The molecule has 1 fully saturated rings. The summed E-state index contributed by atoms with van der Waals surface area (Å²) in [6.07, 6.45) is -4.43. The lowest BCUT2D eigenvalue weighted by Gasteiger charge is -2.27. The zero-order valence-electron chi connectivity index (χ0n) is 17.8. The predicted octanol–water partition coefficient (Wildman–Crippen LogP) is 2.30. The first-order chi connectivity index (χ1) is 15.7. The molecule has 0 aliphatic carbocycles. The number of carbonyl (C=O) groups excluding carboxylic acids is 1. The average Bonchev–Trinajstić information content (AvgIpc) is 2.77. The fourth-order valence-corrected chi connectivity index (χ4v) is 3.26. The zero-order valence-corrected chi connectivity index (χ0v) is 17.8. The van der Waals surface area contributed by atoms with E-state index in [9.17, 15) is 22.8 Å². The number of nitrogens with one attached hydrogen (secondary N) is 2. The molecule has 176 valence electrons. The van der Waals surface area contributed by atoms with Crippen LogP contribution in [-0.2, 0) is 16.0 Å². The van der Waals surface area contributed by atoms with Crippen LogP contribution in [0.1, 0.15) is 23.2 Å². The number of benzene rings is 1. The number of hydrogen-bond acceptors (Lipinski definition) is 7. The Morgan fingerprint density at radius 2 is 2.09 bits per heavy atom. The molecular formula is C21H22F3N5O4. The fraction of sp³-hybridized carbons (Fsp3) is 0.429. The second kappa shape index (κ2) is 10.4. The van der Waals surface area contributed by atoms with E-state index in [1.165, 1.54) is 18.2 Å². The number of ether oxygens (including phenoxy) is 2. The number of morpholine rings is 1. The number of nitriles is 1. The molecule has 0 radical (unpaired) electrons. The maximum absolute atomic E-state index is 12.5. The Morgan fingerprint density at radius 3 is 2.73 bits per heavy atom. The minimum absolute atomic E-state index is 0.0310. The quantitative estimate of drug-likeness (QED) is 0.644. The van der Waals surface area contributed by atoms with Crippen LogP contribution in [0.2, 0.25) is 0 Å². The van der Waals surface area contributed by atoms with Gasteiger partial charge in [-0.1, -0.05) is 0 Å². The zero-order chi connectivity index (χ0) is 24.0. The van der Waals surface area contributed by atoms with Crippen LogP contribution in [0.25, 0.3) is 0 Å². The number of amides is 1. The Labute approximate surface area is 187 Å². The number of nitrogens with zero attached hydrogens (tertiary/aromatic N) is 3. The van der Waals surface area contributed by atoms with Gasteiger partial charge in [0.05, 0.1) is 18.8 Å². The Bertz CT molecular complexity index is 1100. The molecule has 2 N–H and O–H groups in total. The first kappa shape index (κ1) is 24.1. The Balaban J connectivity index is 1.61. The fourth-order valence-electron chi connectivity index (χ4n) is 3.26. The number of alkyl halides is 3. The average molecular weight is 465 g/mol. The van der Waals surface area contributed by atoms with Gasteiger partial charge in [0.15, 0.2) is 6.61 Å². The molecule has 0 atom stereocenters. The normalized spacial score (nSPS) is 14.0. The molecule has 0 spiro atoms. The standard InChI is InChI=1S/C21H22F3N5O4/c1-13-16(19(31)28-20(26-13)29-6-8-32-9-7-29)3-5-18(30)27-15-2-4-17(14(10-15)11-25)33-12-21(22,23)24/h2,4,10H,3,5-9,12H2,1H3,(H,27,30)(H,26,28,31). The SMILES string of the molecule is Cc1nc(N2CCOCC2)[nH]c(=O)c1CCC(=O)Nc1ccc(OCC(F)(F)F)c(C#N)c1. The van der Waals surface area contributed by atoms with Crippen LogP contribution in [-0.4, -0.2) is 55.0 Å². The van der Waals surface area contributed by atoms with Crippen molar-refractivity contribution in [2.45, 2.75) is 25.9 Å². The van der Waals surface area contributed by atoms with Gasteiger partial charge in [-0.05, 0) is 31.5 Å². The van der Waals surface area contributed by atoms with Crippen molar-refractivity contribution in [3.8, 4) is 11.8 Å². The van der Waals surface area contributed by atoms with E-state index >= 15 is 0 Å². The molecule has 0 bridgehead atoms. The smallest absolute Gasteiger partial charge is 0.422 e. The number of carbonyl (C=O) groups is 1. The molecular weight excluding hydrogens is 443 g/mol. The van der Waals surface area contributed by atoms with Crippen LogP contribution in [0.5, 0.6) is 5.75 Å². The van der Waals surface area contributed by atoms with E-state index in [1.807, 2.05) is 4.90 Å². The van der Waals surface area contributed by atoms with Gasteiger partial charge in [-0.2, -0.15) is 18.4 Å². The molecule has 0 unspecified atom stereocenters. The van der Waals surface area contributed by atoms with Crippen molar-refractivity contribution in [1.82, 2.24) is 9.97 Å². The van der Waals surface area contributed by atoms with Gasteiger partial charge in [0, 0.05) is 36.5 Å². The number of hydrogen-bond donors (Lipinski definition) is 2. The number of aromatic nitrogens is 2. The molecule has 1 aromatic heterocycles. The highest BCUT2D eigenvalue weighted by Gasteiger charge is 2.29. The van der Waals surface area contributed by atoms with Crippen molar-refractivity contribution in [2.24, 2.45) is 0 Å². The monoisotopic (exact) mass is 465 g/mol. The van der Waals surface area contributed by atoms with Gasteiger partial charge in [-0.3, -0.25) is 14.6 Å². The van der Waals surface area contributed by atoms with Crippen LogP contribution in [0.15, 0.2) is 23.0 Å². The molecule has 0 saturated carbocycles. The molecule has 2 heterocycles. The van der Waals surface area contributed by atoms with Crippen LogP contribution in [0, 0.1) is 18.3 Å². The Kier molecular flexibility index (Phi) is 7.55. The lowest BCUT2D eigenvalue weighted by molar-refractivity contribution is -0.153. The summed E-state index contributed by atoms with van der Waals surface area (Å²) < 4.78 is 46.9. The number of aromatic amines is 1. The molecule has 33 heavy (non-hydrogen) atoms. The third kappa shape index (κ3) is 6.69. The van der Waals surface area contributed by atoms with Crippen LogP contribution >= 0.6 is 0 Å². The summed E-state index contributed by atoms with van der Waals surface area (Å²) in [6.45, 7) is 2.51. The van der Waals surface area contributed by atoms with E-state index in [0.29, 0.717) is 43.5 Å². The lowest BCUT2D eigenvalue weighted by atomic mass is 10.1.